The molecule has 13 unspecified atom stereocenters. The predicted octanol–water partition coefficient (Wildman–Crippen LogP) is 6.75. The number of Topliss-reactive ketones (excluding diaryl/α,β-unsaturated/α-hetero) is 4. The van der Waals surface area contributed by atoms with E-state index in [1.54, 1.807) is 13.8 Å². The molecule has 0 heterocycles. The fourth-order valence-electron chi connectivity index (χ4n) is 10.5. The Labute approximate surface area is 224 Å². The van der Waals surface area contributed by atoms with E-state index in [1.807, 2.05) is 0 Å². The number of hydrogen-bond acceptors (Lipinski definition) is 4. The van der Waals surface area contributed by atoms with Crippen molar-refractivity contribution in [2.45, 2.75) is 94.4 Å². The Hall–Kier alpha value is -1.58. The van der Waals surface area contributed by atoms with Crippen LogP contribution in [-0.4, -0.2) is 23.1 Å². The smallest absolute Gasteiger partial charge is 0.144 e. The lowest BCUT2D eigenvalue weighted by Gasteiger charge is -2.66. The molecule has 0 aromatic carbocycles. The molecule has 3 fully saturated rings. The molecule has 4 heteroatoms. The first-order valence-corrected chi connectivity index (χ1v) is 15.0. The van der Waals surface area contributed by atoms with Crippen molar-refractivity contribution < 1.29 is 19.2 Å². The molecule has 37 heavy (non-hydrogen) atoms. The zero-order valence-electron chi connectivity index (χ0n) is 24.7. The van der Waals surface area contributed by atoms with Crippen LogP contribution in [0.25, 0.3) is 0 Å². The van der Waals surface area contributed by atoms with Gasteiger partial charge < -0.3 is 0 Å². The molecule has 13 atom stereocenters. The number of allylic oxidation sites excluding steroid dienone is 2. The molecule has 0 amide bonds. The molecule has 0 radical (unpaired) electrons. The highest BCUT2D eigenvalue weighted by atomic mass is 16.1. The van der Waals surface area contributed by atoms with Gasteiger partial charge in [-0.2, -0.15) is 0 Å². The van der Waals surface area contributed by atoms with Gasteiger partial charge in [0, 0.05) is 30.6 Å². The van der Waals surface area contributed by atoms with Crippen LogP contribution in [0.15, 0.2) is 11.6 Å². The van der Waals surface area contributed by atoms with Crippen LogP contribution in [0.4, 0.5) is 0 Å². The Bertz CT molecular complexity index is 992. The molecule has 0 bridgehead atoms. The molecule has 4 aliphatic carbocycles. The van der Waals surface area contributed by atoms with E-state index in [1.165, 1.54) is 0 Å². The van der Waals surface area contributed by atoms with Gasteiger partial charge in [0.15, 0.2) is 0 Å². The van der Waals surface area contributed by atoms with Crippen molar-refractivity contribution in [1.82, 2.24) is 0 Å². The summed E-state index contributed by atoms with van der Waals surface area (Å²) in [5.74, 6) is 3.73. The number of rotatable bonds is 6. The normalized spacial score (nSPS) is 47.3. The van der Waals surface area contributed by atoms with Crippen LogP contribution in [0, 0.1) is 76.4 Å². The third-order valence-corrected chi connectivity index (χ3v) is 12.6. The van der Waals surface area contributed by atoms with Crippen molar-refractivity contribution >= 4 is 23.1 Å². The second-order valence-corrected chi connectivity index (χ2v) is 13.9. The molecule has 0 saturated heterocycles. The molecule has 3 saturated carbocycles. The fraction of sp³-hybridized carbons (Fsp3) is 0.818. The van der Waals surface area contributed by atoms with Gasteiger partial charge in [0.05, 0.1) is 6.42 Å². The van der Waals surface area contributed by atoms with Gasteiger partial charge in [-0.1, -0.05) is 67.0 Å². The quantitative estimate of drug-likeness (QED) is 0.293. The standard InChI is InChI=1S/C33H50O4/c1-10-24(35)15-25(36)14-23-11-12-26-18(4)29-19(5)27-13-16(2)28(22(8)34)20(6)33(27,9)21(7)31(29)32(37)30(26)17(23)3/h11,16-21,26-31H,10,12-15H2,1-9H3. The van der Waals surface area contributed by atoms with Crippen molar-refractivity contribution in [1.29, 1.82) is 0 Å². The third-order valence-electron chi connectivity index (χ3n) is 12.6. The second-order valence-electron chi connectivity index (χ2n) is 13.9. The molecule has 4 rings (SSSR count). The highest BCUT2D eigenvalue weighted by molar-refractivity contribution is 6.00. The minimum Gasteiger partial charge on any atom is -0.300 e. The summed E-state index contributed by atoms with van der Waals surface area (Å²) in [5, 5.41) is 0. The Balaban J connectivity index is 1.67. The molecule has 0 N–H and O–H groups in total. The van der Waals surface area contributed by atoms with Crippen LogP contribution in [-0.2, 0) is 19.2 Å². The van der Waals surface area contributed by atoms with Crippen LogP contribution in [0.1, 0.15) is 94.4 Å². The fourth-order valence-corrected chi connectivity index (χ4v) is 10.5. The van der Waals surface area contributed by atoms with E-state index in [9.17, 15) is 19.2 Å². The molecule has 4 nitrogen and oxygen atoms in total. The number of fused-ring (bicyclic) bond motifs is 3. The van der Waals surface area contributed by atoms with Gasteiger partial charge in [-0.15, -0.1) is 0 Å². The van der Waals surface area contributed by atoms with E-state index in [-0.39, 0.29) is 58.9 Å². The van der Waals surface area contributed by atoms with Crippen LogP contribution in [0.3, 0.4) is 0 Å². The topological polar surface area (TPSA) is 68.3 Å². The Kier molecular flexibility index (Phi) is 7.83. The molecular formula is C33H50O4. The zero-order valence-corrected chi connectivity index (χ0v) is 24.7. The molecule has 206 valence electrons. The maximum absolute atomic E-state index is 14.5. The lowest BCUT2D eigenvalue weighted by atomic mass is 9.37. The minimum atomic E-state index is -0.0536. The van der Waals surface area contributed by atoms with E-state index in [0.717, 1.165) is 18.4 Å². The Morgan fingerprint density at radius 2 is 1.59 bits per heavy atom. The molecule has 0 aromatic rings. The van der Waals surface area contributed by atoms with Crippen LogP contribution >= 0.6 is 0 Å². The zero-order chi connectivity index (χ0) is 27.6. The summed E-state index contributed by atoms with van der Waals surface area (Å²) in [5.41, 5.74) is 1.02. The monoisotopic (exact) mass is 510 g/mol. The molecular weight excluding hydrogens is 460 g/mol. The Morgan fingerprint density at radius 1 is 0.946 bits per heavy atom. The van der Waals surface area contributed by atoms with Gasteiger partial charge in [-0.25, -0.2) is 0 Å². The Morgan fingerprint density at radius 3 is 2.19 bits per heavy atom. The number of carbonyl (C=O) groups is 4. The van der Waals surface area contributed by atoms with E-state index in [0.29, 0.717) is 59.9 Å². The highest BCUT2D eigenvalue weighted by Gasteiger charge is 2.65. The first kappa shape index (κ1) is 28.4. The number of hydrogen-bond donors (Lipinski definition) is 0. The van der Waals surface area contributed by atoms with Gasteiger partial charge in [0.2, 0.25) is 0 Å². The average molecular weight is 511 g/mol. The van der Waals surface area contributed by atoms with Crippen molar-refractivity contribution in [3.63, 3.8) is 0 Å². The number of ketones is 4. The molecule has 0 aromatic heterocycles. The van der Waals surface area contributed by atoms with Gasteiger partial charge in [0.1, 0.15) is 23.1 Å². The molecule has 0 aliphatic heterocycles. The summed E-state index contributed by atoms with van der Waals surface area (Å²) >= 11 is 0. The highest BCUT2D eigenvalue weighted by Crippen LogP contribution is 2.67. The van der Waals surface area contributed by atoms with Crippen molar-refractivity contribution in [3.05, 3.63) is 11.6 Å². The summed E-state index contributed by atoms with van der Waals surface area (Å²) in [6.07, 6.45) is 4.86. The van der Waals surface area contributed by atoms with E-state index < -0.39 is 0 Å². The van der Waals surface area contributed by atoms with Crippen LogP contribution in [0.2, 0.25) is 0 Å². The first-order valence-electron chi connectivity index (χ1n) is 15.0. The van der Waals surface area contributed by atoms with Gasteiger partial charge in [-0.3, -0.25) is 19.2 Å². The lowest BCUT2D eigenvalue weighted by molar-refractivity contribution is -0.193. The van der Waals surface area contributed by atoms with Crippen molar-refractivity contribution in [2.75, 3.05) is 0 Å². The van der Waals surface area contributed by atoms with Crippen LogP contribution < -0.4 is 0 Å². The van der Waals surface area contributed by atoms with Crippen molar-refractivity contribution in [2.24, 2.45) is 76.4 Å². The minimum absolute atomic E-state index is 0.00558. The van der Waals surface area contributed by atoms with E-state index in [4.69, 9.17) is 0 Å². The van der Waals surface area contributed by atoms with Crippen LogP contribution in [0.5, 0.6) is 0 Å². The van der Waals surface area contributed by atoms with Gasteiger partial charge >= 0.3 is 0 Å². The summed E-state index contributed by atoms with van der Waals surface area (Å²) in [7, 11) is 0. The largest absolute Gasteiger partial charge is 0.300 e. The summed E-state index contributed by atoms with van der Waals surface area (Å²) in [4.78, 5) is 51.7. The maximum Gasteiger partial charge on any atom is 0.144 e. The lowest BCUT2D eigenvalue weighted by Crippen LogP contribution is -2.65. The van der Waals surface area contributed by atoms with E-state index >= 15 is 0 Å². The summed E-state index contributed by atoms with van der Waals surface area (Å²) in [6, 6.07) is 0. The van der Waals surface area contributed by atoms with Gasteiger partial charge in [-0.05, 0) is 78.4 Å². The average Bonchev–Trinajstić information content (AvgIpc) is 2.82. The van der Waals surface area contributed by atoms with Gasteiger partial charge in [0.25, 0.3) is 0 Å². The van der Waals surface area contributed by atoms with E-state index in [2.05, 4.69) is 54.5 Å². The molecule has 4 aliphatic rings. The maximum atomic E-state index is 14.5. The summed E-state index contributed by atoms with van der Waals surface area (Å²) < 4.78 is 0. The third kappa shape index (κ3) is 4.33. The van der Waals surface area contributed by atoms with Crippen molar-refractivity contribution in [3.8, 4) is 0 Å². The molecule has 0 spiro atoms. The SMILES string of the molecule is CCC(=O)CC(=O)CC1=CCC2C(C)C3C(C)C4CC(C)C(C(C)=O)C(C)C4(C)C(C)C3C(=O)C2C1C. The predicted molar refractivity (Wildman–Crippen MR) is 147 cm³/mol. The number of carbonyl (C=O) groups excluding carboxylic acids is 4. The second kappa shape index (κ2) is 10.2. The first-order chi connectivity index (χ1) is 17.3. The summed E-state index contributed by atoms with van der Waals surface area (Å²) in [6.45, 7) is 19.7.